The quantitative estimate of drug-likeness (QED) is 0.826. The van der Waals surface area contributed by atoms with Crippen LogP contribution in [0.3, 0.4) is 0 Å². The Kier molecular flexibility index (Phi) is 4.80. The maximum atomic E-state index is 12.2. The number of ether oxygens (including phenoxy) is 1. The van der Waals surface area contributed by atoms with E-state index in [0.29, 0.717) is 12.1 Å². The van der Waals surface area contributed by atoms with Crippen molar-refractivity contribution in [3.05, 3.63) is 29.8 Å². The summed E-state index contributed by atoms with van der Waals surface area (Å²) in [5, 5.41) is 0. The minimum Gasteiger partial charge on any atom is -0.494 e. The third kappa shape index (κ3) is 3.70. The third-order valence-corrected chi connectivity index (χ3v) is 3.38. The monoisotopic (exact) mass is 262 g/mol. The number of unbranched alkanes of at least 4 members (excludes halogenated alkanes) is 1. The van der Waals surface area contributed by atoms with Gasteiger partial charge in [-0.25, -0.2) is 0 Å². The van der Waals surface area contributed by atoms with E-state index in [4.69, 9.17) is 10.5 Å². The molecule has 1 aromatic rings. The van der Waals surface area contributed by atoms with Crippen LogP contribution in [-0.2, 0) is 0 Å². The highest BCUT2D eigenvalue weighted by Gasteiger charge is 2.24. The van der Waals surface area contributed by atoms with Gasteiger partial charge in [-0.3, -0.25) is 4.79 Å². The molecule has 1 heterocycles. The number of carbonyl (C=O) groups is 1. The molecule has 1 saturated heterocycles. The van der Waals surface area contributed by atoms with Crippen molar-refractivity contribution < 1.29 is 9.53 Å². The average Bonchev–Trinajstić information content (AvgIpc) is 2.86. The summed E-state index contributed by atoms with van der Waals surface area (Å²) in [6.07, 6.45) is 3.06. The molecule has 2 N–H and O–H groups in total. The fraction of sp³-hybridized carbons (Fsp3) is 0.533. The molecule has 1 fully saturated rings. The van der Waals surface area contributed by atoms with Crippen molar-refractivity contribution in [1.82, 2.24) is 4.90 Å². The van der Waals surface area contributed by atoms with Crippen LogP contribution in [0.2, 0.25) is 0 Å². The first-order valence-corrected chi connectivity index (χ1v) is 6.98. The number of benzene rings is 1. The van der Waals surface area contributed by atoms with Crippen LogP contribution in [0.1, 0.15) is 36.5 Å². The minimum absolute atomic E-state index is 0.0630. The lowest BCUT2D eigenvalue weighted by molar-refractivity contribution is 0.0791. The van der Waals surface area contributed by atoms with E-state index in [0.717, 1.165) is 38.2 Å². The summed E-state index contributed by atoms with van der Waals surface area (Å²) in [5.41, 5.74) is 6.52. The fourth-order valence-electron chi connectivity index (χ4n) is 2.18. The number of amides is 1. The highest BCUT2D eigenvalue weighted by Crippen LogP contribution is 2.16. The number of hydrogen-bond acceptors (Lipinski definition) is 3. The zero-order valence-electron chi connectivity index (χ0n) is 11.5. The van der Waals surface area contributed by atoms with Crippen molar-refractivity contribution in [1.29, 1.82) is 0 Å². The molecule has 1 aliphatic rings. The topological polar surface area (TPSA) is 55.6 Å². The van der Waals surface area contributed by atoms with E-state index >= 15 is 0 Å². The molecule has 0 spiro atoms. The van der Waals surface area contributed by atoms with Crippen molar-refractivity contribution in [2.75, 3.05) is 19.7 Å². The number of likely N-dealkylation sites (tertiary alicyclic amines) is 1. The van der Waals surface area contributed by atoms with Gasteiger partial charge in [-0.2, -0.15) is 0 Å². The molecule has 1 aliphatic heterocycles. The molecule has 4 heteroatoms. The number of rotatable bonds is 5. The van der Waals surface area contributed by atoms with E-state index in [1.54, 1.807) is 0 Å². The molecule has 0 radical (unpaired) electrons. The van der Waals surface area contributed by atoms with Crippen molar-refractivity contribution >= 4 is 5.91 Å². The Morgan fingerprint density at radius 1 is 1.42 bits per heavy atom. The second kappa shape index (κ2) is 6.57. The van der Waals surface area contributed by atoms with E-state index in [-0.39, 0.29) is 11.9 Å². The summed E-state index contributed by atoms with van der Waals surface area (Å²) >= 11 is 0. The van der Waals surface area contributed by atoms with E-state index in [1.807, 2.05) is 29.2 Å². The zero-order chi connectivity index (χ0) is 13.7. The molecule has 0 unspecified atom stereocenters. The van der Waals surface area contributed by atoms with Crippen molar-refractivity contribution in [3.63, 3.8) is 0 Å². The van der Waals surface area contributed by atoms with Crippen LogP contribution in [-0.4, -0.2) is 36.5 Å². The van der Waals surface area contributed by atoms with Crippen LogP contribution in [0.4, 0.5) is 0 Å². The highest BCUT2D eigenvalue weighted by molar-refractivity contribution is 5.94. The molecule has 0 aromatic heterocycles. The second-order valence-electron chi connectivity index (χ2n) is 5.03. The Morgan fingerprint density at radius 3 is 2.74 bits per heavy atom. The van der Waals surface area contributed by atoms with Gasteiger partial charge in [0.05, 0.1) is 6.61 Å². The van der Waals surface area contributed by atoms with E-state index in [2.05, 4.69) is 6.92 Å². The maximum absolute atomic E-state index is 12.2. The lowest BCUT2D eigenvalue weighted by Crippen LogP contribution is -2.31. The Bertz CT molecular complexity index is 417. The van der Waals surface area contributed by atoms with Gasteiger partial charge in [0.25, 0.3) is 5.91 Å². The van der Waals surface area contributed by atoms with Crippen LogP contribution < -0.4 is 10.5 Å². The van der Waals surface area contributed by atoms with E-state index < -0.39 is 0 Å². The first-order valence-electron chi connectivity index (χ1n) is 6.98. The van der Waals surface area contributed by atoms with E-state index in [1.165, 1.54) is 0 Å². The van der Waals surface area contributed by atoms with Gasteiger partial charge in [-0.05, 0) is 37.1 Å². The first-order chi connectivity index (χ1) is 9.20. The van der Waals surface area contributed by atoms with Crippen LogP contribution in [0.25, 0.3) is 0 Å². The van der Waals surface area contributed by atoms with Crippen LogP contribution in [0.5, 0.6) is 5.75 Å². The van der Waals surface area contributed by atoms with Crippen molar-refractivity contribution in [3.8, 4) is 5.75 Å². The summed E-state index contributed by atoms with van der Waals surface area (Å²) < 4.78 is 5.58. The second-order valence-corrected chi connectivity index (χ2v) is 5.03. The molecule has 2 rings (SSSR count). The Hall–Kier alpha value is -1.55. The Balaban J connectivity index is 1.92. The summed E-state index contributed by atoms with van der Waals surface area (Å²) in [5.74, 6) is 0.885. The number of hydrogen-bond donors (Lipinski definition) is 1. The van der Waals surface area contributed by atoms with Gasteiger partial charge in [0, 0.05) is 24.7 Å². The number of nitrogens with zero attached hydrogens (tertiary/aromatic N) is 1. The highest BCUT2D eigenvalue weighted by atomic mass is 16.5. The summed E-state index contributed by atoms with van der Waals surface area (Å²) in [6, 6.07) is 7.50. The standard InChI is InChI=1S/C15H22N2O2/c1-2-3-10-19-14-6-4-12(5-7-14)15(18)17-9-8-13(16)11-17/h4-7,13H,2-3,8-11,16H2,1H3/t13-/m0/s1. The van der Waals surface area contributed by atoms with Gasteiger partial charge >= 0.3 is 0 Å². The Morgan fingerprint density at radius 2 is 2.16 bits per heavy atom. The molecule has 0 saturated carbocycles. The van der Waals surface area contributed by atoms with Gasteiger partial charge in [0.2, 0.25) is 0 Å². The molecule has 1 atom stereocenters. The lowest BCUT2D eigenvalue weighted by Gasteiger charge is -2.16. The Labute approximate surface area is 114 Å². The molecule has 1 aromatic carbocycles. The largest absolute Gasteiger partial charge is 0.494 e. The predicted molar refractivity (Wildman–Crippen MR) is 75.3 cm³/mol. The molecule has 0 bridgehead atoms. The van der Waals surface area contributed by atoms with Crippen LogP contribution in [0.15, 0.2) is 24.3 Å². The SMILES string of the molecule is CCCCOc1ccc(C(=O)N2CC[C@H](N)C2)cc1. The molecular formula is C15H22N2O2. The zero-order valence-corrected chi connectivity index (χ0v) is 11.5. The normalized spacial score (nSPS) is 18.6. The van der Waals surface area contributed by atoms with Gasteiger partial charge in [-0.1, -0.05) is 13.3 Å². The molecule has 4 nitrogen and oxygen atoms in total. The summed E-state index contributed by atoms with van der Waals surface area (Å²) in [4.78, 5) is 14.0. The fourth-order valence-corrected chi connectivity index (χ4v) is 2.18. The van der Waals surface area contributed by atoms with E-state index in [9.17, 15) is 4.79 Å². The van der Waals surface area contributed by atoms with Crippen LogP contribution in [0, 0.1) is 0 Å². The lowest BCUT2D eigenvalue weighted by atomic mass is 10.2. The van der Waals surface area contributed by atoms with Gasteiger partial charge < -0.3 is 15.4 Å². The predicted octanol–water partition coefficient (Wildman–Crippen LogP) is 2.04. The summed E-state index contributed by atoms with van der Waals surface area (Å²) in [7, 11) is 0. The molecule has 19 heavy (non-hydrogen) atoms. The van der Waals surface area contributed by atoms with Gasteiger partial charge in [-0.15, -0.1) is 0 Å². The third-order valence-electron chi connectivity index (χ3n) is 3.38. The molecular weight excluding hydrogens is 240 g/mol. The molecule has 1 amide bonds. The minimum atomic E-state index is 0.0630. The maximum Gasteiger partial charge on any atom is 0.253 e. The molecule has 0 aliphatic carbocycles. The van der Waals surface area contributed by atoms with Crippen LogP contribution >= 0.6 is 0 Å². The first kappa shape index (κ1) is 13.9. The summed E-state index contributed by atoms with van der Waals surface area (Å²) in [6.45, 7) is 4.28. The molecule has 104 valence electrons. The van der Waals surface area contributed by atoms with Crippen molar-refractivity contribution in [2.45, 2.75) is 32.2 Å². The number of carbonyl (C=O) groups excluding carboxylic acids is 1. The average molecular weight is 262 g/mol. The van der Waals surface area contributed by atoms with Gasteiger partial charge in [0.1, 0.15) is 5.75 Å². The van der Waals surface area contributed by atoms with Gasteiger partial charge in [0.15, 0.2) is 0 Å². The smallest absolute Gasteiger partial charge is 0.253 e. The number of nitrogens with two attached hydrogens (primary N) is 1. The van der Waals surface area contributed by atoms with Crippen molar-refractivity contribution in [2.24, 2.45) is 5.73 Å².